The fourth-order valence-corrected chi connectivity index (χ4v) is 4.54. The Hall–Kier alpha value is -1.89. The number of carboxylic acids is 1. The quantitative estimate of drug-likeness (QED) is 0.432. The lowest BCUT2D eigenvalue weighted by Gasteiger charge is -2.25. The number of carbonyl (C=O) groups is 3. The van der Waals surface area contributed by atoms with Crippen molar-refractivity contribution in [3.8, 4) is 0 Å². The van der Waals surface area contributed by atoms with Crippen molar-refractivity contribution in [1.82, 2.24) is 0 Å². The lowest BCUT2D eigenvalue weighted by molar-refractivity contribution is -0.139. The molecule has 1 aromatic carbocycles. The Labute approximate surface area is 176 Å². The van der Waals surface area contributed by atoms with Crippen molar-refractivity contribution in [3.63, 3.8) is 0 Å². The van der Waals surface area contributed by atoms with Gasteiger partial charge in [0.1, 0.15) is 5.70 Å². The number of rotatable bonds is 4. The van der Waals surface area contributed by atoms with Crippen LogP contribution in [0.4, 0.5) is 5.69 Å². The van der Waals surface area contributed by atoms with E-state index in [1.807, 2.05) is 45.2 Å². The van der Waals surface area contributed by atoms with E-state index in [0.717, 1.165) is 0 Å². The van der Waals surface area contributed by atoms with E-state index in [2.05, 4.69) is 0 Å². The van der Waals surface area contributed by atoms with Gasteiger partial charge in [0, 0.05) is 13.3 Å². The summed E-state index contributed by atoms with van der Waals surface area (Å²) in [6.45, 7) is 0. The second-order valence-electron chi connectivity index (χ2n) is 4.91. The lowest BCUT2D eigenvalue weighted by Crippen LogP contribution is -2.28. The van der Waals surface area contributed by atoms with Crippen molar-refractivity contribution in [2.45, 2.75) is 0 Å². The van der Waals surface area contributed by atoms with E-state index < -0.39 is 17.9 Å². The Morgan fingerprint density at radius 1 is 1.00 bits per heavy atom. The van der Waals surface area contributed by atoms with Gasteiger partial charge in [-0.15, -0.1) is 0 Å². The molecule has 1 aliphatic rings. The zero-order valence-corrected chi connectivity index (χ0v) is 18.0. The van der Waals surface area contributed by atoms with E-state index in [9.17, 15) is 19.5 Å². The van der Waals surface area contributed by atoms with Crippen LogP contribution in [-0.4, -0.2) is 37.2 Å². The summed E-state index contributed by atoms with van der Waals surface area (Å²) in [5, 5.41) is 9.22. The molecular formula is C17H13I2NO6. The Morgan fingerprint density at radius 2 is 1.58 bits per heavy atom. The Bertz CT molecular complexity index is 849. The first-order valence-corrected chi connectivity index (χ1v) is 9.24. The highest BCUT2D eigenvalue weighted by Crippen LogP contribution is 2.35. The number of benzene rings is 1. The van der Waals surface area contributed by atoms with E-state index in [0.29, 0.717) is 12.8 Å². The Kier molecular flexibility index (Phi) is 6.81. The number of aromatic carboxylic acids is 1. The molecule has 0 atom stereocenters. The Morgan fingerprint density at radius 3 is 2.08 bits per heavy atom. The predicted molar refractivity (Wildman–Crippen MR) is 111 cm³/mol. The molecule has 2 rings (SSSR count). The molecule has 1 N–H and O–H groups in total. The third-order valence-electron chi connectivity index (χ3n) is 3.39. The van der Waals surface area contributed by atoms with Crippen LogP contribution in [0.2, 0.25) is 0 Å². The maximum atomic E-state index is 12.4. The van der Waals surface area contributed by atoms with Crippen molar-refractivity contribution in [1.29, 1.82) is 0 Å². The van der Waals surface area contributed by atoms with E-state index in [4.69, 9.17) is 9.47 Å². The summed E-state index contributed by atoms with van der Waals surface area (Å²) in [5.74, 6) is -2.47. The normalized spacial score (nSPS) is 13.5. The molecule has 0 bridgehead atoms. The van der Waals surface area contributed by atoms with Gasteiger partial charge < -0.3 is 19.5 Å². The number of esters is 2. The molecule has 1 aromatic rings. The van der Waals surface area contributed by atoms with E-state index in [1.165, 1.54) is 37.3 Å². The first-order valence-electron chi connectivity index (χ1n) is 7.09. The number of carbonyl (C=O) groups excluding carboxylic acids is 2. The van der Waals surface area contributed by atoms with Crippen LogP contribution in [0.5, 0.6) is 0 Å². The average molecular weight is 581 g/mol. The van der Waals surface area contributed by atoms with Gasteiger partial charge in [0.25, 0.3) is 0 Å². The molecule has 0 spiro atoms. The predicted octanol–water partition coefficient (Wildman–Crippen LogP) is 3.08. The summed E-state index contributed by atoms with van der Waals surface area (Å²) in [6.07, 6.45) is 6.30. The molecule has 0 saturated heterocycles. The van der Waals surface area contributed by atoms with Crippen LogP contribution in [0.15, 0.2) is 47.8 Å². The van der Waals surface area contributed by atoms with Gasteiger partial charge in [-0.1, -0.05) is 6.08 Å². The number of allylic oxidation sites excluding steroid dienone is 2. The minimum atomic E-state index is -1.06. The second kappa shape index (κ2) is 8.66. The molecule has 1 heterocycles. The van der Waals surface area contributed by atoms with Crippen molar-refractivity contribution in [3.05, 3.63) is 60.5 Å². The highest BCUT2D eigenvalue weighted by molar-refractivity contribution is 14.1. The highest BCUT2D eigenvalue weighted by atomic mass is 127. The van der Waals surface area contributed by atoms with Gasteiger partial charge >= 0.3 is 17.9 Å². The molecule has 0 amide bonds. The van der Waals surface area contributed by atoms with Crippen molar-refractivity contribution >= 4 is 68.8 Å². The smallest absolute Gasteiger partial charge is 0.355 e. The van der Waals surface area contributed by atoms with Gasteiger partial charge in [0.15, 0.2) is 0 Å². The molecule has 7 nitrogen and oxygen atoms in total. The Balaban J connectivity index is 2.76. The van der Waals surface area contributed by atoms with Crippen molar-refractivity contribution < 1.29 is 29.0 Å². The van der Waals surface area contributed by atoms with Crippen LogP contribution < -0.4 is 4.90 Å². The number of methoxy groups -OCH3 is 2. The molecule has 9 heteroatoms. The first kappa shape index (κ1) is 20.4. The van der Waals surface area contributed by atoms with E-state index in [-0.39, 0.29) is 16.8 Å². The fraction of sp³-hybridized carbons (Fsp3) is 0.118. The summed E-state index contributed by atoms with van der Waals surface area (Å²) in [5.41, 5.74) is 0.677. The van der Waals surface area contributed by atoms with Crippen molar-refractivity contribution in [2.75, 3.05) is 19.1 Å². The van der Waals surface area contributed by atoms with Crippen LogP contribution in [0.1, 0.15) is 10.4 Å². The lowest BCUT2D eigenvalue weighted by atomic mass is 10.1. The van der Waals surface area contributed by atoms with Gasteiger partial charge in [0.05, 0.1) is 31.0 Å². The molecule has 0 fully saturated rings. The summed E-state index contributed by atoms with van der Waals surface area (Å²) in [4.78, 5) is 37.4. The SMILES string of the molecule is COC(=O)C1=C(C(=O)OC)N(c2c(I)cc(C(=O)O)cc2I)C=CC=C1. The van der Waals surface area contributed by atoms with Gasteiger partial charge in [-0.05, 0) is 69.5 Å². The molecule has 0 saturated carbocycles. The highest BCUT2D eigenvalue weighted by Gasteiger charge is 2.29. The van der Waals surface area contributed by atoms with Crippen LogP contribution >= 0.6 is 45.2 Å². The average Bonchev–Trinajstić information content (AvgIpc) is 2.82. The largest absolute Gasteiger partial charge is 0.478 e. The monoisotopic (exact) mass is 581 g/mol. The van der Waals surface area contributed by atoms with E-state index in [1.54, 1.807) is 18.4 Å². The zero-order chi connectivity index (χ0) is 19.4. The number of hydrogen-bond acceptors (Lipinski definition) is 6. The topological polar surface area (TPSA) is 93.1 Å². The van der Waals surface area contributed by atoms with Crippen LogP contribution in [0.25, 0.3) is 0 Å². The van der Waals surface area contributed by atoms with Gasteiger partial charge in [-0.25, -0.2) is 14.4 Å². The summed E-state index contributed by atoms with van der Waals surface area (Å²) in [7, 11) is 2.43. The molecule has 0 radical (unpaired) electrons. The van der Waals surface area contributed by atoms with Crippen LogP contribution in [0, 0.1) is 7.14 Å². The summed E-state index contributed by atoms with van der Waals surface area (Å²) >= 11 is 3.97. The van der Waals surface area contributed by atoms with Crippen LogP contribution in [-0.2, 0) is 19.1 Å². The number of anilines is 1. The maximum absolute atomic E-state index is 12.4. The minimum Gasteiger partial charge on any atom is -0.478 e. The number of hydrogen-bond donors (Lipinski definition) is 1. The summed E-state index contributed by atoms with van der Waals surface area (Å²) in [6, 6.07) is 2.97. The third-order valence-corrected chi connectivity index (χ3v) is 5.04. The molecule has 0 aliphatic carbocycles. The second-order valence-corrected chi connectivity index (χ2v) is 7.23. The van der Waals surface area contributed by atoms with Gasteiger partial charge in [-0.3, -0.25) is 0 Å². The molecule has 136 valence electrons. The van der Waals surface area contributed by atoms with Crippen molar-refractivity contribution in [2.24, 2.45) is 0 Å². The standard InChI is InChI=1S/C17H13I2NO6/c1-25-16(23)10-5-3-4-6-20(13(10)17(24)26-2)14-11(18)7-9(15(21)22)8-12(14)19/h3-8H,1-2H3,(H,21,22). The number of ether oxygens (including phenoxy) is 2. The zero-order valence-electron chi connectivity index (χ0n) is 13.7. The first-order chi connectivity index (χ1) is 12.3. The molecular weight excluding hydrogens is 568 g/mol. The number of carboxylic acid groups (broad SMARTS) is 1. The molecule has 1 aliphatic heterocycles. The molecule has 0 aromatic heterocycles. The van der Waals surface area contributed by atoms with E-state index >= 15 is 0 Å². The maximum Gasteiger partial charge on any atom is 0.355 e. The van der Waals surface area contributed by atoms with Gasteiger partial charge in [0.2, 0.25) is 0 Å². The number of halogens is 2. The van der Waals surface area contributed by atoms with Crippen LogP contribution in [0.3, 0.4) is 0 Å². The minimum absolute atomic E-state index is 0.0248. The fourth-order valence-electron chi connectivity index (χ4n) is 2.26. The summed E-state index contributed by atoms with van der Waals surface area (Å²) < 4.78 is 10.8. The van der Waals surface area contributed by atoms with Gasteiger partial charge in [-0.2, -0.15) is 0 Å². The molecule has 26 heavy (non-hydrogen) atoms. The number of nitrogens with zero attached hydrogens (tertiary/aromatic N) is 1. The third kappa shape index (κ3) is 4.09. The molecule has 0 unspecified atom stereocenters.